The van der Waals surface area contributed by atoms with Crippen molar-refractivity contribution < 1.29 is 18.7 Å². The summed E-state index contributed by atoms with van der Waals surface area (Å²) < 4.78 is 18.5. The van der Waals surface area contributed by atoms with Gasteiger partial charge in [-0.3, -0.25) is 4.79 Å². The second kappa shape index (κ2) is 7.77. The fourth-order valence-corrected chi connectivity index (χ4v) is 1.70. The number of carbonyl (C=O) groups excluding carboxylic acids is 2. The number of hydrogen-bond donors (Lipinski definition) is 2. The zero-order chi connectivity index (χ0) is 16.8. The lowest BCUT2D eigenvalue weighted by Crippen LogP contribution is -2.44. The van der Waals surface area contributed by atoms with Gasteiger partial charge < -0.3 is 15.4 Å². The van der Waals surface area contributed by atoms with Gasteiger partial charge in [-0.25, -0.2) is 9.18 Å². The average Bonchev–Trinajstić information content (AvgIpc) is 2.37. The van der Waals surface area contributed by atoms with Gasteiger partial charge in [0.05, 0.1) is 6.42 Å². The zero-order valence-electron chi connectivity index (χ0n) is 13.4. The van der Waals surface area contributed by atoms with Crippen molar-refractivity contribution >= 4 is 12.0 Å². The first-order valence-electron chi connectivity index (χ1n) is 7.17. The Balaban J connectivity index is 2.35. The largest absolute Gasteiger partial charge is 0.444 e. The molecule has 122 valence electrons. The molecule has 6 heteroatoms. The molecule has 0 saturated carbocycles. The van der Waals surface area contributed by atoms with Crippen LogP contribution in [0.1, 0.15) is 33.3 Å². The van der Waals surface area contributed by atoms with Gasteiger partial charge in [0, 0.05) is 12.6 Å². The number of carbonyl (C=O) groups is 2. The summed E-state index contributed by atoms with van der Waals surface area (Å²) in [5.41, 5.74) is -0.231. The molecule has 1 rings (SSSR count). The number of benzene rings is 1. The van der Waals surface area contributed by atoms with Crippen LogP contribution < -0.4 is 10.6 Å². The topological polar surface area (TPSA) is 67.4 Å². The minimum absolute atomic E-state index is 0.0359. The highest BCUT2D eigenvalue weighted by Crippen LogP contribution is 2.07. The molecule has 0 heterocycles. The first-order valence-corrected chi connectivity index (χ1v) is 7.17. The van der Waals surface area contributed by atoms with E-state index in [1.54, 1.807) is 45.9 Å². The molecular weight excluding hydrogens is 287 g/mol. The Bertz CT molecular complexity index is 526. The van der Waals surface area contributed by atoms with Crippen LogP contribution in [-0.2, 0) is 16.0 Å². The molecule has 0 aliphatic rings. The van der Waals surface area contributed by atoms with E-state index in [0.29, 0.717) is 5.56 Å². The molecule has 2 amide bonds. The van der Waals surface area contributed by atoms with E-state index < -0.39 is 17.5 Å². The van der Waals surface area contributed by atoms with Gasteiger partial charge in [-0.05, 0) is 39.3 Å². The Kier molecular flexibility index (Phi) is 6.34. The molecule has 1 aromatic carbocycles. The average molecular weight is 310 g/mol. The summed E-state index contributed by atoms with van der Waals surface area (Å²) in [5.74, 6) is -0.708. The SMILES string of the molecule is C[C@@H](CNC(=O)Cc1ccccc1F)NC(=O)OC(C)(C)C. The summed E-state index contributed by atoms with van der Waals surface area (Å²) >= 11 is 0. The van der Waals surface area contributed by atoms with E-state index in [1.165, 1.54) is 6.07 Å². The quantitative estimate of drug-likeness (QED) is 0.877. The summed E-state index contributed by atoms with van der Waals surface area (Å²) in [6.07, 6.45) is -0.574. The van der Waals surface area contributed by atoms with Gasteiger partial charge in [-0.1, -0.05) is 18.2 Å². The lowest BCUT2D eigenvalue weighted by Gasteiger charge is -2.22. The van der Waals surface area contributed by atoms with Crippen LogP contribution >= 0.6 is 0 Å². The molecule has 0 fully saturated rings. The van der Waals surface area contributed by atoms with Crippen molar-refractivity contribution in [3.63, 3.8) is 0 Å². The summed E-state index contributed by atoms with van der Waals surface area (Å²) in [6, 6.07) is 5.84. The maximum Gasteiger partial charge on any atom is 0.407 e. The van der Waals surface area contributed by atoms with E-state index in [2.05, 4.69) is 10.6 Å². The molecular formula is C16H23FN2O3. The van der Waals surface area contributed by atoms with Gasteiger partial charge in [0.1, 0.15) is 11.4 Å². The van der Waals surface area contributed by atoms with Crippen molar-refractivity contribution in [1.29, 1.82) is 0 Å². The van der Waals surface area contributed by atoms with Gasteiger partial charge in [0.15, 0.2) is 0 Å². The number of amides is 2. The molecule has 0 aliphatic heterocycles. The summed E-state index contributed by atoms with van der Waals surface area (Å²) in [5, 5.41) is 5.27. The number of rotatable bonds is 5. The van der Waals surface area contributed by atoms with Gasteiger partial charge in [0.25, 0.3) is 0 Å². The molecule has 22 heavy (non-hydrogen) atoms. The van der Waals surface area contributed by atoms with E-state index in [9.17, 15) is 14.0 Å². The third-order valence-electron chi connectivity index (χ3n) is 2.68. The van der Waals surface area contributed by atoms with Gasteiger partial charge in [-0.15, -0.1) is 0 Å². The summed E-state index contributed by atoms with van der Waals surface area (Å²) in [4.78, 5) is 23.3. The first kappa shape index (κ1) is 17.9. The predicted octanol–water partition coefficient (Wildman–Crippen LogP) is 2.40. The maximum absolute atomic E-state index is 13.4. The van der Waals surface area contributed by atoms with Crippen LogP contribution in [0.25, 0.3) is 0 Å². The fourth-order valence-electron chi connectivity index (χ4n) is 1.70. The van der Waals surface area contributed by atoms with Crippen molar-refractivity contribution in [2.24, 2.45) is 0 Å². The Hall–Kier alpha value is -2.11. The van der Waals surface area contributed by atoms with Crippen molar-refractivity contribution in [1.82, 2.24) is 10.6 Å². The number of halogens is 1. The number of alkyl carbamates (subject to hydrolysis) is 1. The molecule has 2 N–H and O–H groups in total. The van der Waals surface area contributed by atoms with Crippen LogP contribution in [-0.4, -0.2) is 30.2 Å². The van der Waals surface area contributed by atoms with Crippen LogP contribution in [0.3, 0.4) is 0 Å². The Morgan fingerprint density at radius 3 is 2.50 bits per heavy atom. The smallest absolute Gasteiger partial charge is 0.407 e. The van der Waals surface area contributed by atoms with Gasteiger partial charge in [-0.2, -0.15) is 0 Å². The van der Waals surface area contributed by atoms with E-state index in [0.717, 1.165) is 0 Å². The first-order chi connectivity index (χ1) is 10.2. The number of nitrogens with one attached hydrogen (secondary N) is 2. The zero-order valence-corrected chi connectivity index (χ0v) is 13.4. The second-order valence-corrected chi connectivity index (χ2v) is 6.12. The third kappa shape index (κ3) is 7.06. The summed E-state index contributed by atoms with van der Waals surface area (Å²) in [7, 11) is 0. The molecule has 5 nitrogen and oxygen atoms in total. The number of ether oxygens (including phenoxy) is 1. The highest BCUT2D eigenvalue weighted by molar-refractivity contribution is 5.78. The molecule has 0 bridgehead atoms. The maximum atomic E-state index is 13.4. The molecule has 0 aliphatic carbocycles. The van der Waals surface area contributed by atoms with Gasteiger partial charge in [0.2, 0.25) is 5.91 Å². The minimum atomic E-state index is -0.572. The highest BCUT2D eigenvalue weighted by atomic mass is 19.1. The molecule has 1 atom stereocenters. The third-order valence-corrected chi connectivity index (χ3v) is 2.68. The van der Waals surface area contributed by atoms with E-state index in [1.807, 2.05) is 0 Å². The lowest BCUT2D eigenvalue weighted by molar-refractivity contribution is -0.120. The van der Waals surface area contributed by atoms with E-state index >= 15 is 0 Å². The van der Waals surface area contributed by atoms with Crippen LogP contribution in [0, 0.1) is 5.82 Å². The van der Waals surface area contributed by atoms with Crippen LogP contribution in [0.15, 0.2) is 24.3 Å². The van der Waals surface area contributed by atoms with Crippen LogP contribution in [0.2, 0.25) is 0 Å². The van der Waals surface area contributed by atoms with Crippen molar-refractivity contribution in [2.75, 3.05) is 6.54 Å². The van der Waals surface area contributed by atoms with E-state index in [4.69, 9.17) is 4.74 Å². The lowest BCUT2D eigenvalue weighted by atomic mass is 10.1. The van der Waals surface area contributed by atoms with Crippen LogP contribution in [0.5, 0.6) is 0 Å². The van der Waals surface area contributed by atoms with Crippen molar-refractivity contribution in [3.8, 4) is 0 Å². The summed E-state index contributed by atoms with van der Waals surface area (Å²) in [6.45, 7) is 7.30. The molecule has 1 aromatic rings. The Morgan fingerprint density at radius 2 is 1.91 bits per heavy atom. The molecule has 0 spiro atoms. The Labute approximate surface area is 130 Å². The van der Waals surface area contributed by atoms with Crippen LogP contribution in [0.4, 0.5) is 9.18 Å². The molecule has 0 radical (unpaired) electrons. The number of hydrogen-bond acceptors (Lipinski definition) is 3. The molecule has 0 aromatic heterocycles. The molecule has 0 saturated heterocycles. The minimum Gasteiger partial charge on any atom is -0.444 e. The normalized spacial score (nSPS) is 12.4. The Morgan fingerprint density at radius 1 is 1.27 bits per heavy atom. The van der Waals surface area contributed by atoms with Crippen molar-refractivity contribution in [3.05, 3.63) is 35.6 Å². The van der Waals surface area contributed by atoms with Gasteiger partial charge >= 0.3 is 6.09 Å². The van der Waals surface area contributed by atoms with E-state index in [-0.39, 0.29) is 24.9 Å². The fraction of sp³-hybridized carbons (Fsp3) is 0.500. The predicted molar refractivity (Wildman–Crippen MR) is 81.9 cm³/mol. The highest BCUT2D eigenvalue weighted by Gasteiger charge is 2.18. The second-order valence-electron chi connectivity index (χ2n) is 6.12. The molecule has 0 unspecified atom stereocenters. The van der Waals surface area contributed by atoms with Crippen molar-refractivity contribution in [2.45, 2.75) is 45.8 Å². The standard InChI is InChI=1S/C16H23FN2O3/c1-11(19-15(21)22-16(2,3)4)10-18-14(20)9-12-7-5-6-8-13(12)17/h5-8,11H,9-10H2,1-4H3,(H,18,20)(H,19,21)/t11-/m0/s1. The monoisotopic (exact) mass is 310 g/mol.